The lowest BCUT2D eigenvalue weighted by molar-refractivity contribution is 0.0969. The number of halogens is 1. The van der Waals surface area contributed by atoms with Crippen LogP contribution < -0.4 is 19.5 Å². The number of carbonyl (C=O) groups is 1. The Morgan fingerprint density at radius 3 is 2.33 bits per heavy atom. The maximum atomic E-state index is 12.7. The van der Waals surface area contributed by atoms with E-state index in [0.29, 0.717) is 31.2 Å². The fraction of sp³-hybridized carbons (Fsp3) is 0.367. The summed E-state index contributed by atoms with van der Waals surface area (Å²) in [5.74, 6) is 0.389. The molecule has 3 aromatic carbocycles. The standard InChI is InChI=1S/C30H36N2O6S.ClH/c1-39(35,36)32-30(34)27-17-14-24(20-29(27)38-26-10-6-3-7-11-26)22-12-15-25(16-13-22)37-19-18-31-21-28(33)23-8-4-2-5-9-23;/h2,4-5,8-9,12-17,20,26,28,31,33H,3,6-7,10-11,18-19,21H2,1H3,(H,32,34);1H/t28-;/m0./s1. The van der Waals surface area contributed by atoms with Crippen molar-refractivity contribution in [1.82, 2.24) is 10.0 Å². The van der Waals surface area contributed by atoms with Crippen molar-refractivity contribution in [3.8, 4) is 22.6 Å². The van der Waals surface area contributed by atoms with Crippen molar-refractivity contribution in [2.75, 3.05) is 26.0 Å². The predicted molar refractivity (Wildman–Crippen MR) is 159 cm³/mol. The average Bonchev–Trinajstić information content (AvgIpc) is 2.93. The van der Waals surface area contributed by atoms with Crippen molar-refractivity contribution in [3.63, 3.8) is 0 Å². The molecule has 1 amide bonds. The van der Waals surface area contributed by atoms with Crippen molar-refractivity contribution in [3.05, 3.63) is 83.9 Å². The van der Waals surface area contributed by atoms with Crippen LogP contribution in [0.3, 0.4) is 0 Å². The maximum Gasteiger partial charge on any atom is 0.268 e. The lowest BCUT2D eigenvalue weighted by atomic mass is 9.97. The Hall–Kier alpha value is -3.11. The van der Waals surface area contributed by atoms with Crippen LogP contribution in [0.1, 0.15) is 54.1 Å². The van der Waals surface area contributed by atoms with Crippen LogP contribution in [-0.2, 0) is 10.0 Å². The SMILES string of the molecule is CS(=O)(=O)NC(=O)c1ccc(-c2ccc(OCCNC[C@H](O)c3ccccc3)cc2)cc1OC1CCCCC1.Cl. The van der Waals surface area contributed by atoms with Gasteiger partial charge in [0.2, 0.25) is 10.0 Å². The molecule has 3 N–H and O–H groups in total. The summed E-state index contributed by atoms with van der Waals surface area (Å²) in [6.07, 6.45) is 5.50. The Morgan fingerprint density at radius 2 is 1.65 bits per heavy atom. The third-order valence-electron chi connectivity index (χ3n) is 6.61. The first-order chi connectivity index (χ1) is 18.8. The Balaban J connectivity index is 0.00000441. The Kier molecular flexibility index (Phi) is 11.8. The minimum Gasteiger partial charge on any atom is -0.492 e. The zero-order valence-electron chi connectivity index (χ0n) is 22.5. The van der Waals surface area contributed by atoms with Gasteiger partial charge in [0.1, 0.15) is 18.1 Å². The van der Waals surface area contributed by atoms with Gasteiger partial charge in [0.15, 0.2) is 0 Å². The van der Waals surface area contributed by atoms with Gasteiger partial charge in [-0.05, 0) is 66.6 Å². The van der Waals surface area contributed by atoms with Crippen molar-refractivity contribution in [2.24, 2.45) is 0 Å². The number of benzene rings is 3. The van der Waals surface area contributed by atoms with E-state index in [2.05, 4.69) is 5.32 Å². The van der Waals surface area contributed by atoms with Gasteiger partial charge in [-0.15, -0.1) is 12.4 Å². The molecule has 3 aromatic rings. The van der Waals surface area contributed by atoms with Gasteiger partial charge in [-0.3, -0.25) is 4.79 Å². The topological polar surface area (TPSA) is 114 Å². The molecule has 0 aromatic heterocycles. The van der Waals surface area contributed by atoms with E-state index in [0.717, 1.165) is 48.6 Å². The van der Waals surface area contributed by atoms with E-state index in [1.165, 1.54) is 6.42 Å². The van der Waals surface area contributed by atoms with E-state index in [1.807, 2.05) is 59.3 Å². The zero-order chi connectivity index (χ0) is 27.7. The maximum absolute atomic E-state index is 12.7. The molecule has 0 bridgehead atoms. The normalized spacial score (nSPS) is 14.6. The molecule has 0 radical (unpaired) electrons. The monoisotopic (exact) mass is 588 g/mol. The highest BCUT2D eigenvalue weighted by Gasteiger charge is 2.21. The molecule has 0 unspecified atom stereocenters. The molecule has 216 valence electrons. The highest BCUT2D eigenvalue weighted by atomic mass is 35.5. The number of hydrogen-bond acceptors (Lipinski definition) is 7. The van der Waals surface area contributed by atoms with E-state index in [9.17, 15) is 18.3 Å². The van der Waals surface area contributed by atoms with Crippen molar-refractivity contribution in [1.29, 1.82) is 0 Å². The van der Waals surface area contributed by atoms with Crippen LogP contribution in [0.5, 0.6) is 11.5 Å². The number of ether oxygens (including phenoxy) is 2. The highest BCUT2D eigenvalue weighted by Crippen LogP contribution is 2.32. The third-order valence-corrected chi connectivity index (χ3v) is 7.16. The molecule has 1 aliphatic carbocycles. The molecule has 8 nitrogen and oxygen atoms in total. The number of aliphatic hydroxyl groups excluding tert-OH is 1. The smallest absolute Gasteiger partial charge is 0.268 e. The summed E-state index contributed by atoms with van der Waals surface area (Å²) in [4.78, 5) is 12.7. The molecule has 1 atom stereocenters. The second kappa shape index (κ2) is 15.0. The van der Waals surface area contributed by atoms with Crippen LogP contribution in [0, 0.1) is 0 Å². The molecule has 1 saturated carbocycles. The van der Waals surface area contributed by atoms with Gasteiger partial charge < -0.3 is 19.9 Å². The number of aliphatic hydroxyl groups is 1. The van der Waals surface area contributed by atoms with E-state index < -0.39 is 22.0 Å². The highest BCUT2D eigenvalue weighted by molar-refractivity contribution is 7.89. The molecule has 0 saturated heterocycles. The summed E-state index contributed by atoms with van der Waals surface area (Å²) < 4.78 is 37.4. The summed E-state index contributed by atoms with van der Waals surface area (Å²) >= 11 is 0. The first kappa shape index (κ1) is 31.4. The number of amides is 1. The van der Waals surface area contributed by atoms with Crippen LogP contribution in [0.15, 0.2) is 72.8 Å². The van der Waals surface area contributed by atoms with Gasteiger partial charge in [0.05, 0.1) is 24.0 Å². The van der Waals surface area contributed by atoms with Gasteiger partial charge in [-0.2, -0.15) is 0 Å². The van der Waals surface area contributed by atoms with Crippen LogP contribution in [-0.4, -0.2) is 51.5 Å². The second-order valence-electron chi connectivity index (χ2n) is 9.80. The quantitative estimate of drug-likeness (QED) is 0.258. The molecular weight excluding hydrogens is 552 g/mol. The summed E-state index contributed by atoms with van der Waals surface area (Å²) in [6.45, 7) is 1.48. The third kappa shape index (κ3) is 9.52. The van der Waals surface area contributed by atoms with Crippen LogP contribution >= 0.6 is 12.4 Å². The molecule has 40 heavy (non-hydrogen) atoms. The summed E-state index contributed by atoms with van der Waals surface area (Å²) in [5, 5.41) is 13.4. The van der Waals surface area contributed by atoms with E-state index in [4.69, 9.17) is 9.47 Å². The Morgan fingerprint density at radius 1 is 0.975 bits per heavy atom. The minimum atomic E-state index is -3.70. The van der Waals surface area contributed by atoms with Crippen LogP contribution in [0.4, 0.5) is 0 Å². The number of rotatable bonds is 12. The molecule has 0 aliphatic heterocycles. The lowest BCUT2D eigenvalue weighted by Crippen LogP contribution is -2.30. The largest absolute Gasteiger partial charge is 0.492 e. The van der Waals surface area contributed by atoms with E-state index in [1.54, 1.807) is 18.2 Å². The average molecular weight is 589 g/mol. The van der Waals surface area contributed by atoms with Gasteiger partial charge in [-0.25, -0.2) is 13.1 Å². The fourth-order valence-corrected chi connectivity index (χ4v) is 5.04. The first-order valence-corrected chi connectivity index (χ1v) is 15.2. The second-order valence-corrected chi connectivity index (χ2v) is 11.5. The summed E-state index contributed by atoms with van der Waals surface area (Å²) in [7, 11) is -3.70. The first-order valence-electron chi connectivity index (χ1n) is 13.3. The molecule has 0 spiro atoms. The van der Waals surface area contributed by atoms with Crippen molar-refractivity contribution >= 4 is 28.3 Å². The molecule has 4 rings (SSSR count). The molecule has 10 heteroatoms. The molecule has 1 aliphatic rings. The molecule has 0 heterocycles. The fourth-order valence-electron chi connectivity index (χ4n) is 4.59. The number of sulfonamides is 1. The number of hydrogen-bond donors (Lipinski definition) is 3. The molecular formula is C30H37ClN2O6S. The summed E-state index contributed by atoms with van der Waals surface area (Å²) in [5.41, 5.74) is 2.83. The van der Waals surface area contributed by atoms with Gasteiger partial charge in [0, 0.05) is 13.1 Å². The van der Waals surface area contributed by atoms with Gasteiger partial charge in [0.25, 0.3) is 5.91 Å². The van der Waals surface area contributed by atoms with E-state index >= 15 is 0 Å². The molecule has 1 fully saturated rings. The van der Waals surface area contributed by atoms with Crippen LogP contribution in [0.25, 0.3) is 11.1 Å². The Bertz CT molecular complexity index is 1330. The van der Waals surface area contributed by atoms with Crippen molar-refractivity contribution < 1.29 is 27.8 Å². The zero-order valence-corrected chi connectivity index (χ0v) is 24.2. The summed E-state index contributed by atoms with van der Waals surface area (Å²) in [6, 6.07) is 22.3. The van der Waals surface area contributed by atoms with Gasteiger partial charge in [-0.1, -0.05) is 55.0 Å². The predicted octanol–water partition coefficient (Wildman–Crippen LogP) is 4.88. The number of carbonyl (C=O) groups excluding carboxylic acids is 1. The van der Waals surface area contributed by atoms with Crippen molar-refractivity contribution in [2.45, 2.75) is 44.3 Å². The lowest BCUT2D eigenvalue weighted by Gasteiger charge is -2.24. The van der Waals surface area contributed by atoms with E-state index in [-0.39, 0.29) is 24.1 Å². The minimum absolute atomic E-state index is 0. The van der Waals surface area contributed by atoms with Crippen LogP contribution in [0.2, 0.25) is 0 Å². The number of nitrogens with one attached hydrogen (secondary N) is 2. The Labute approximate surface area is 242 Å². The van der Waals surface area contributed by atoms with Gasteiger partial charge >= 0.3 is 0 Å².